The second-order valence-electron chi connectivity index (χ2n) is 5.33. The molecule has 1 aliphatic rings. The van der Waals surface area contributed by atoms with Crippen LogP contribution in [0.1, 0.15) is 17.5 Å². The molecule has 0 aromatic heterocycles. The minimum atomic E-state index is -0.718. The first kappa shape index (κ1) is 15.3. The number of rotatable bonds is 5. The van der Waals surface area contributed by atoms with E-state index in [0.717, 1.165) is 37.7 Å². The van der Waals surface area contributed by atoms with Crippen LogP contribution in [0.4, 0.5) is 0 Å². The first-order valence-corrected chi connectivity index (χ1v) is 7.34. The van der Waals surface area contributed by atoms with E-state index in [2.05, 4.69) is 22.8 Å². The number of aliphatic carboxylic acids is 1. The van der Waals surface area contributed by atoms with Gasteiger partial charge in [-0.15, -0.1) is 0 Å². The maximum absolute atomic E-state index is 10.6. The van der Waals surface area contributed by atoms with Crippen LogP contribution in [0.25, 0.3) is 0 Å². The summed E-state index contributed by atoms with van der Waals surface area (Å²) in [5.41, 5.74) is 2.54. The van der Waals surface area contributed by atoms with Gasteiger partial charge in [0, 0.05) is 44.3 Å². The zero-order valence-corrected chi connectivity index (χ0v) is 12.6. The Bertz CT molecular complexity index is 471. The summed E-state index contributed by atoms with van der Waals surface area (Å²) >= 11 is 5.97. The van der Waals surface area contributed by atoms with Gasteiger partial charge in [0.25, 0.3) is 0 Å². The van der Waals surface area contributed by atoms with Crippen molar-refractivity contribution in [2.24, 2.45) is 0 Å². The zero-order chi connectivity index (χ0) is 14.5. The van der Waals surface area contributed by atoms with Gasteiger partial charge in [0.2, 0.25) is 0 Å². The summed E-state index contributed by atoms with van der Waals surface area (Å²) in [6.45, 7) is 7.55. The van der Waals surface area contributed by atoms with Gasteiger partial charge in [0.05, 0.1) is 6.42 Å². The number of benzene rings is 1. The Morgan fingerprint density at radius 3 is 2.50 bits per heavy atom. The monoisotopic (exact) mass is 296 g/mol. The maximum Gasteiger partial charge on any atom is 0.304 e. The van der Waals surface area contributed by atoms with Crippen LogP contribution in [0.3, 0.4) is 0 Å². The molecule has 0 amide bonds. The lowest BCUT2D eigenvalue weighted by atomic mass is 10.1. The minimum Gasteiger partial charge on any atom is -0.481 e. The Balaban J connectivity index is 1.80. The topological polar surface area (TPSA) is 43.8 Å². The standard InChI is InChI=1S/C15H21ClN2O2/c1-12-10-14(16)3-2-13(12)11-18-8-6-17(7-9-18)5-4-15(19)20/h2-3,10H,4-9,11H2,1H3,(H,19,20). The SMILES string of the molecule is Cc1cc(Cl)ccc1CN1CCN(CCC(=O)O)CC1. The number of aryl methyl sites for hydroxylation is 1. The van der Waals surface area contributed by atoms with Crippen LogP contribution in [0.2, 0.25) is 5.02 Å². The molecular formula is C15H21ClN2O2. The fourth-order valence-electron chi connectivity index (χ4n) is 2.50. The van der Waals surface area contributed by atoms with E-state index in [-0.39, 0.29) is 6.42 Å². The molecule has 1 aromatic carbocycles. The summed E-state index contributed by atoms with van der Waals surface area (Å²) in [7, 11) is 0. The molecule has 0 saturated carbocycles. The Hall–Kier alpha value is -1.10. The number of nitrogens with zero attached hydrogens (tertiary/aromatic N) is 2. The molecule has 5 heteroatoms. The molecule has 4 nitrogen and oxygen atoms in total. The van der Waals surface area contributed by atoms with E-state index in [4.69, 9.17) is 16.7 Å². The zero-order valence-electron chi connectivity index (χ0n) is 11.8. The number of hydrogen-bond acceptors (Lipinski definition) is 3. The van der Waals surface area contributed by atoms with Gasteiger partial charge in [0.15, 0.2) is 0 Å². The van der Waals surface area contributed by atoms with E-state index >= 15 is 0 Å². The molecule has 110 valence electrons. The van der Waals surface area contributed by atoms with Crippen LogP contribution < -0.4 is 0 Å². The minimum absolute atomic E-state index is 0.232. The van der Waals surface area contributed by atoms with Crippen molar-refractivity contribution < 1.29 is 9.90 Å². The van der Waals surface area contributed by atoms with Gasteiger partial charge in [-0.25, -0.2) is 0 Å². The molecule has 1 heterocycles. The third-order valence-electron chi connectivity index (χ3n) is 3.81. The number of halogens is 1. The molecule has 0 radical (unpaired) electrons. The van der Waals surface area contributed by atoms with Crippen molar-refractivity contribution in [2.45, 2.75) is 19.9 Å². The van der Waals surface area contributed by atoms with E-state index in [9.17, 15) is 4.79 Å². The molecule has 1 aliphatic heterocycles. The highest BCUT2D eigenvalue weighted by molar-refractivity contribution is 6.30. The highest BCUT2D eigenvalue weighted by atomic mass is 35.5. The third kappa shape index (κ3) is 4.47. The van der Waals surface area contributed by atoms with Crippen LogP contribution in [-0.2, 0) is 11.3 Å². The Labute approximate surface area is 124 Å². The fraction of sp³-hybridized carbons (Fsp3) is 0.533. The highest BCUT2D eigenvalue weighted by Gasteiger charge is 2.17. The van der Waals surface area contributed by atoms with Crippen LogP contribution in [-0.4, -0.2) is 53.6 Å². The van der Waals surface area contributed by atoms with E-state index in [1.165, 1.54) is 11.1 Å². The van der Waals surface area contributed by atoms with E-state index in [1.807, 2.05) is 12.1 Å². The lowest BCUT2D eigenvalue weighted by Crippen LogP contribution is -2.46. The summed E-state index contributed by atoms with van der Waals surface area (Å²) in [4.78, 5) is 15.2. The van der Waals surface area contributed by atoms with Crippen LogP contribution in [0.5, 0.6) is 0 Å². The first-order chi connectivity index (χ1) is 9.54. The second-order valence-corrected chi connectivity index (χ2v) is 5.77. The first-order valence-electron chi connectivity index (χ1n) is 6.96. The molecule has 1 fully saturated rings. The number of piperazine rings is 1. The Morgan fingerprint density at radius 2 is 1.90 bits per heavy atom. The molecule has 0 atom stereocenters. The highest BCUT2D eigenvalue weighted by Crippen LogP contribution is 2.17. The van der Waals surface area contributed by atoms with Crippen molar-refractivity contribution >= 4 is 17.6 Å². The predicted octanol–water partition coefficient (Wildman–Crippen LogP) is 2.24. The van der Waals surface area contributed by atoms with E-state index < -0.39 is 5.97 Å². The number of carbonyl (C=O) groups is 1. The molecule has 1 aromatic rings. The number of carboxylic acid groups (broad SMARTS) is 1. The van der Waals surface area contributed by atoms with Gasteiger partial charge in [-0.2, -0.15) is 0 Å². The van der Waals surface area contributed by atoms with Crippen LogP contribution in [0, 0.1) is 6.92 Å². The van der Waals surface area contributed by atoms with Crippen LogP contribution in [0.15, 0.2) is 18.2 Å². The molecule has 20 heavy (non-hydrogen) atoms. The predicted molar refractivity (Wildman–Crippen MR) is 80.2 cm³/mol. The molecule has 0 spiro atoms. The van der Waals surface area contributed by atoms with Crippen molar-refractivity contribution in [3.8, 4) is 0 Å². The van der Waals surface area contributed by atoms with E-state index in [0.29, 0.717) is 6.54 Å². The van der Waals surface area contributed by atoms with Gasteiger partial charge in [-0.3, -0.25) is 9.69 Å². The summed E-state index contributed by atoms with van der Waals surface area (Å²) < 4.78 is 0. The quantitative estimate of drug-likeness (QED) is 0.905. The van der Waals surface area contributed by atoms with Crippen molar-refractivity contribution in [1.29, 1.82) is 0 Å². The smallest absolute Gasteiger partial charge is 0.304 e. The summed E-state index contributed by atoms with van der Waals surface area (Å²) in [6, 6.07) is 6.03. The third-order valence-corrected chi connectivity index (χ3v) is 4.04. The van der Waals surface area contributed by atoms with Crippen LogP contribution >= 0.6 is 11.6 Å². The van der Waals surface area contributed by atoms with Crippen molar-refractivity contribution in [3.63, 3.8) is 0 Å². The summed E-state index contributed by atoms with van der Waals surface area (Å²) in [5.74, 6) is -0.718. The molecular weight excluding hydrogens is 276 g/mol. The molecule has 0 bridgehead atoms. The van der Waals surface area contributed by atoms with Crippen molar-refractivity contribution in [2.75, 3.05) is 32.7 Å². The van der Waals surface area contributed by atoms with Gasteiger partial charge in [0.1, 0.15) is 0 Å². The Kier molecular flexibility index (Phi) is 5.40. The van der Waals surface area contributed by atoms with Crippen molar-refractivity contribution in [1.82, 2.24) is 9.80 Å². The molecule has 0 unspecified atom stereocenters. The van der Waals surface area contributed by atoms with Gasteiger partial charge in [-0.1, -0.05) is 17.7 Å². The van der Waals surface area contributed by atoms with Gasteiger partial charge < -0.3 is 10.0 Å². The molecule has 0 aliphatic carbocycles. The molecule has 1 saturated heterocycles. The van der Waals surface area contributed by atoms with Gasteiger partial charge >= 0.3 is 5.97 Å². The van der Waals surface area contributed by atoms with Gasteiger partial charge in [-0.05, 0) is 30.2 Å². The number of carboxylic acids is 1. The molecule has 2 rings (SSSR count). The number of hydrogen-bond donors (Lipinski definition) is 1. The lowest BCUT2D eigenvalue weighted by molar-refractivity contribution is -0.137. The second kappa shape index (κ2) is 7.07. The normalized spacial score (nSPS) is 17.3. The maximum atomic E-state index is 10.6. The lowest BCUT2D eigenvalue weighted by Gasteiger charge is -2.34. The average molecular weight is 297 g/mol. The van der Waals surface area contributed by atoms with Crippen molar-refractivity contribution in [3.05, 3.63) is 34.3 Å². The largest absolute Gasteiger partial charge is 0.481 e. The fourth-order valence-corrected chi connectivity index (χ4v) is 2.73. The summed E-state index contributed by atoms with van der Waals surface area (Å²) in [6.07, 6.45) is 0.232. The Morgan fingerprint density at radius 1 is 1.25 bits per heavy atom. The average Bonchev–Trinajstić information content (AvgIpc) is 2.41. The molecule has 1 N–H and O–H groups in total. The summed E-state index contributed by atoms with van der Waals surface area (Å²) in [5, 5.41) is 9.48. The van der Waals surface area contributed by atoms with E-state index in [1.54, 1.807) is 0 Å².